The molecule has 5 rings (SSSR count). The van der Waals surface area contributed by atoms with Gasteiger partial charge < -0.3 is 15.0 Å². The average Bonchev–Trinajstić information content (AvgIpc) is 3.39. The van der Waals surface area contributed by atoms with E-state index in [0.717, 1.165) is 32.9 Å². The van der Waals surface area contributed by atoms with Crippen molar-refractivity contribution in [2.24, 2.45) is 0 Å². The molecular formula is C25H20BrN3OS2. The highest BCUT2D eigenvalue weighted by Crippen LogP contribution is 2.44. The summed E-state index contributed by atoms with van der Waals surface area (Å²) in [6.07, 6.45) is 1.82. The van der Waals surface area contributed by atoms with Gasteiger partial charge in [-0.05, 0) is 89.2 Å². The first-order chi connectivity index (χ1) is 15.6. The van der Waals surface area contributed by atoms with E-state index in [4.69, 9.17) is 17.0 Å². The van der Waals surface area contributed by atoms with Crippen LogP contribution >= 0.6 is 39.5 Å². The molecule has 1 aliphatic heterocycles. The maximum atomic E-state index is 6.08. The lowest BCUT2D eigenvalue weighted by atomic mass is 10.0. The monoisotopic (exact) mass is 521 g/mol. The van der Waals surface area contributed by atoms with Gasteiger partial charge in [0.15, 0.2) is 5.11 Å². The summed E-state index contributed by atoms with van der Waals surface area (Å²) in [5, 5.41) is 6.28. The fourth-order valence-corrected chi connectivity index (χ4v) is 5.80. The van der Waals surface area contributed by atoms with E-state index in [1.807, 2.05) is 67.7 Å². The molecule has 1 N–H and O–H groups in total. The van der Waals surface area contributed by atoms with Crippen molar-refractivity contribution in [2.45, 2.75) is 19.0 Å². The minimum absolute atomic E-state index is 0.00293. The third kappa shape index (κ3) is 4.16. The Kier molecular flexibility index (Phi) is 5.95. The maximum Gasteiger partial charge on any atom is 0.174 e. The lowest BCUT2D eigenvalue weighted by molar-refractivity contribution is 0.479. The maximum absolute atomic E-state index is 6.08. The van der Waals surface area contributed by atoms with Crippen LogP contribution in [0.25, 0.3) is 0 Å². The number of aryl methyl sites for hydroxylation is 1. The molecule has 0 spiro atoms. The molecular weight excluding hydrogens is 502 g/mol. The van der Waals surface area contributed by atoms with Gasteiger partial charge in [0.25, 0.3) is 0 Å². The van der Waals surface area contributed by atoms with E-state index in [1.165, 1.54) is 4.88 Å². The number of benzene rings is 2. The van der Waals surface area contributed by atoms with Crippen LogP contribution < -0.4 is 15.0 Å². The van der Waals surface area contributed by atoms with Gasteiger partial charge in [0.1, 0.15) is 11.5 Å². The summed E-state index contributed by atoms with van der Waals surface area (Å²) in [6, 6.07) is 24.2. The minimum atomic E-state index is -0.0443. The van der Waals surface area contributed by atoms with Crippen LogP contribution in [-0.2, 0) is 0 Å². The first kappa shape index (κ1) is 21.1. The van der Waals surface area contributed by atoms with E-state index < -0.39 is 0 Å². The van der Waals surface area contributed by atoms with Crippen molar-refractivity contribution < 1.29 is 4.74 Å². The van der Waals surface area contributed by atoms with Crippen LogP contribution in [0.15, 0.2) is 88.8 Å². The number of nitrogens with zero attached hydrogens (tertiary/aromatic N) is 2. The predicted octanol–water partition coefficient (Wildman–Crippen LogP) is 7.18. The van der Waals surface area contributed by atoms with E-state index in [0.29, 0.717) is 5.11 Å². The number of hydrogen-bond donors (Lipinski definition) is 1. The van der Waals surface area contributed by atoms with Crippen molar-refractivity contribution in [1.29, 1.82) is 0 Å². The van der Waals surface area contributed by atoms with Crippen LogP contribution in [0, 0.1) is 6.92 Å². The van der Waals surface area contributed by atoms with Gasteiger partial charge >= 0.3 is 0 Å². The molecule has 0 saturated carbocycles. The topological polar surface area (TPSA) is 37.4 Å². The van der Waals surface area contributed by atoms with E-state index in [-0.39, 0.29) is 12.1 Å². The van der Waals surface area contributed by atoms with Gasteiger partial charge in [-0.3, -0.25) is 4.98 Å². The molecule has 0 unspecified atom stereocenters. The zero-order valence-electron chi connectivity index (χ0n) is 17.2. The molecule has 0 bridgehead atoms. The van der Waals surface area contributed by atoms with Crippen LogP contribution in [0.3, 0.4) is 0 Å². The molecule has 2 aromatic carbocycles. The summed E-state index contributed by atoms with van der Waals surface area (Å²) in [6.45, 7) is 2.04. The molecule has 2 aromatic heterocycles. The number of thiocarbonyl (C=S) groups is 1. The number of thiophene rings is 1. The Bertz CT molecular complexity index is 1240. The van der Waals surface area contributed by atoms with Crippen molar-refractivity contribution in [3.05, 3.63) is 105 Å². The molecule has 32 heavy (non-hydrogen) atoms. The molecule has 1 saturated heterocycles. The normalized spacial score (nSPS) is 17.9. The largest absolute Gasteiger partial charge is 0.457 e. The zero-order chi connectivity index (χ0) is 22.1. The summed E-state index contributed by atoms with van der Waals surface area (Å²) in [4.78, 5) is 7.98. The average molecular weight is 522 g/mol. The Balaban J connectivity index is 1.48. The smallest absolute Gasteiger partial charge is 0.174 e. The number of anilines is 1. The fraction of sp³-hybridized carbons (Fsp3) is 0.120. The molecule has 4 aromatic rings. The van der Waals surface area contributed by atoms with Crippen molar-refractivity contribution in [1.82, 2.24) is 10.3 Å². The molecule has 2 atom stereocenters. The van der Waals surface area contributed by atoms with E-state index in [9.17, 15) is 0 Å². The van der Waals surface area contributed by atoms with E-state index >= 15 is 0 Å². The zero-order valence-corrected chi connectivity index (χ0v) is 20.5. The Labute approximate surface area is 205 Å². The van der Waals surface area contributed by atoms with Crippen LogP contribution in [-0.4, -0.2) is 10.1 Å². The Morgan fingerprint density at radius 2 is 1.84 bits per heavy atom. The Hall–Kier alpha value is -2.74. The molecule has 3 heterocycles. The van der Waals surface area contributed by atoms with Crippen LogP contribution in [0.4, 0.5) is 5.69 Å². The highest BCUT2D eigenvalue weighted by Gasteiger charge is 2.41. The number of halogens is 1. The van der Waals surface area contributed by atoms with Crippen molar-refractivity contribution >= 4 is 50.3 Å². The number of pyridine rings is 1. The quantitative estimate of drug-likeness (QED) is 0.281. The van der Waals surface area contributed by atoms with Gasteiger partial charge in [0, 0.05) is 26.6 Å². The third-order valence-electron chi connectivity index (χ3n) is 5.41. The second-order valence-electron chi connectivity index (χ2n) is 7.53. The highest BCUT2D eigenvalue weighted by molar-refractivity contribution is 9.10. The molecule has 4 nitrogen and oxygen atoms in total. The third-order valence-corrected chi connectivity index (χ3v) is 7.49. The summed E-state index contributed by atoms with van der Waals surface area (Å²) in [7, 11) is 0. The summed E-state index contributed by atoms with van der Waals surface area (Å²) >= 11 is 11.1. The summed E-state index contributed by atoms with van der Waals surface area (Å²) in [5.41, 5.74) is 3.07. The number of nitrogens with one attached hydrogen (secondary N) is 1. The first-order valence-electron chi connectivity index (χ1n) is 10.2. The van der Waals surface area contributed by atoms with Crippen molar-refractivity contribution in [3.63, 3.8) is 0 Å². The Morgan fingerprint density at radius 3 is 2.53 bits per heavy atom. The molecule has 0 aliphatic carbocycles. The van der Waals surface area contributed by atoms with E-state index in [2.05, 4.69) is 54.7 Å². The fourth-order valence-electron chi connectivity index (χ4n) is 3.88. The van der Waals surface area contributed by atoms with Gasteiger partial charge in [-0.2, -0.15) is 0 Å². The van der Waals surface area contributed by atoms with Crippen molar-refractivity contribution in [3.8, 4) is 11.5 Å². The number of rotatable bonds is 5. The van der Waals surface area contributed by atoms with Crippen molar-refractivity contribution in [2.75, 3.05) is 4.90 Å². The van der Waals surface area contributed by atoms with Gasteiger partial charge in [0.2, 0.25) is 0 Å². The molecule has 0 radical (unpaired) electrons. The van der Waals surface area contributed by atoms with Gasteiger partial charge in [-0.25, -0.2) is 0 Å². The van der Waals surface area contributed by atoms with Crippen LogP contribution in [0.5, 0.6) is 11.5 Å². The summed E-state index contributed by atoms with van der Waals surface area (Å²) in [5.74, 6) is 1.65. The molecule has 1 aliphatic rings. The molecule has 160 valence electrons. The minimum Gasteiger partial charge on any atom is -0.457 e. The number of para-hydroxylation sites is 1. The lowest BCUT2D eigenvalue weighted by Crippen LogP contribution is -2.28. The SMILES string of the molecule is Cc1ccccc1Oc1ccc(N2C(=S)N[C@H](c3ccccn3)[C@@H]2c2cc(Br)cs2)cc1. The second-order valence-corrected chi connectivity index (χ2v) is 9.77. The second kappa shape index (κ2) is 9.02. The first-order valence-corrected chi connectivity index (χ1v) is 12.3. The molecule has 0 amide bonds. The van der Waals surface area contributed by atoms with Gasteiger partial charge in [-0.1, -0.05) is 24.3 Å². The lowest BCUT2D eigenvalue weighted by Gasteiger charge is -2.27. The van der Waals surface area contributed by atoms with Gasteiger partial charge in [0.05, 0.1) is 17.8 Å². The van der Waals surface area contributed by atoms with E-state index in [1.54, 1.807) is 11.3 Å². The van der Waals surface area contributed by atoms with Crippen LogP contribution in [0.2, 0.25) is 0 Å². The number of ether oxygens (including phenoxy) is 1. The highest BCUT2D eigenvalue weighted by atomic mass is 79.9. The van der Waals surface area contributed by atoms with Crippen LogP contribution in [0.1, 0.15) is 28.2 Å². The predicted molar refractivity (Wildman–Crippen MR) is 138 cm³/mol. The molecule has 1 fully saturated rings. The number of hydrogen-bond acceptors (Lipinski definition) is 4. The molecule has 7 heteroatoms. The summed E-state index contributed by atoms with van der Waals surface area (Å²) < 4.78 is 7.14. The Morgan fingerprint density at radius 1 is 1.06 bits per heavy atom. The standard InChI is InChI=1S/C25H20BrN3OS2/c1-16-6-2-3-8-21(16)30-19-11-9-18(10-12-19)29-24(22-14-17(26)15-32-22)23(28-25(29)31)20-7-4-5-13-27-20/h2-15,23-24H,1H3,(H,28,31)/t23-,24+/m1/s1. The number of aromatic nitrogens is 1. The van der Waals surface area contributed by atoms with Gasteiger partial charge in [-0.15, -0.1) is 11.3 Å².